The fraction of sp³-hybridized carbons (Fsp3) is 0.389. The van der Waals surface area contributed by atoms with Crippen molar-refractivity contribution >= 4 is 12.3 Å². The number of carbonyl (C=O) groups excluding carboxylic acids is 2. The molecule has 1 fully saturated rings. The smallest absolute Gasteiger partial charge is 0.258 e. The second-order valence-corrected chi connectivity index (χ2v) is 6.06. The van der Waals surface area contributed by atoms with Gasteiger partial charge in [-0.15, -0.1) is 0 Å². The standard InChI is InChI=1S/C17H19F2N3O.CH3NO/c1-3-10-4-5-12(18)8-11(10)9-14-15(16(19)22(2)21-14)17(23)20-13-6-7-13;2-1-3/h4-5,8,13H,3,6-7,9H2,1-2H3,(H,20,23);1H,(H2,2,3). The number of rotatable bonds is 5. The van der Waals surface area contributed by atoms with Crippen molar-refractivity contribution in [1.82, 2.24) is 15.1 Å². The number of carbonyl (C=O) groups is 2. The number of benzene rings is 1. The number of aromatic nitrogens is 2. The predicted molar refractivity (Wildman–Crippen MR) is 92.5 cm³/mol. The monoisotopic (exact) mass is 364 g/mol. The number of hydrogen-bond acceptors (Lipinski definition) is 3. The molecule has 26 heavy (non-hydrogen) atoms. The normalized spacial score (nSPS) is 12.9. The molecule has 1 aliphatic carbocycles. The van der Waals surface area contributed by atoms with Crippen LogP contribution < -0.4 is 11.1 Å². The van der Waals surface area contributed by atoms with Gasteiger partial charge in [-0.25, -0.2) is 9.07 Å². The van der Waals surface area contributed by atoms with Crippen molar-refractivity contribution in [3.05, 3.63) is 52.3 Å². The molecule has 0 atom stereocenters. The van der Waals surface area contributed by atoms with Crippen molar-refractivity contribution in [2.45, 2.75) is 38.6 Å². The van der Waals surface area contributed by atoms with Crippen LogP contribution in [0.25, 0.3) is 0 Å². The fourth-order valence-corrected chi connectivity index (χ4v) is 2.67. The van der Waals surface area contributed by atoms with Gasteiger partial charge in [0.2, 0.25) is 12.4 Å². The Morgan fingerprint density at radius 3 is 2.62 bits per heavy atom. The Hall–Kier alpha value is -2.77. The minimum absolute atomic E-state index is 0.0364. The number of amides is 2. The zero-order chi connectivity index (χ0) is 19.3. The first-order valence-corrected chi connectivity index (χ1v) is 8.36. The third-order valence-corrected chi connectivity index (χ3v) is 4.10. The van der Waals surface area contributed by atoms with Crippen LogP contribution in [0.15, 0.2) is 18.2 Å². The molecule has 1 aliphatic rings. The highest BCUT2D eigenvalue weighted by Gasteiger charge is 2.29. The molecule has 0 aliphatic heterocycles. The summed E-state index contributed by atoms with van der Waals surface area (Å²) in [6.45, 7) is 1.97. The predicted octanol–water partition coefficient (Wildman–Crippen LogP) is 1.85. The van der Waals surface area contributed by atoms with Gasteiger partial charge in [-0.3, -0.25) is 9.59 Å². The van der Waals surface area contributed by atoms with Crippen molar-refractivity contribution in [3.8, 4) is 0 Å². The highest BCUT2D eigenvalue weighted by atomic mass is 19.1. The van der Waals surface area contributed by atoms with Crippen LogP contribution in [0.2, 0.25) is 0 Å². The number of hydrogen-bond donors (Lipinski definition) is 2. The van der Waals surface area contributed by atoms with Crippen molar-refractivity contribution in [2.24, 2.45) is 12.8 Å². The second kappa shape index (κ2) is 8.55. The number of primary amides is 1. The van der Waals surface area contributed by atoms with Gasteiger partial charge in [-0.05, 0) is 42.5 Å². The zero-order valence-electron chi connectivity index (χ0n) is 14.8. The highest BCUT2D eigenvalue weighted by Crippen LogP contribution is 2.23. The number of nitrogens with one attached hydrogen (secondary N) is 1. The number of nitrogens with zero attached hydrogens (tertiary/aromatic N) is 2. The maximum absolute atomic E-state index is 14.3. The molecule has 0 bridgehead atoms. The Morgan fingerprint density at radius 2 is 2.04 bits per heavy atom. The number of nitrogens with two attached hydrogens (primary N) is 1. The molecule has 1 saturated carbocycles. The molecule has 6 nitrogen and oxygen atoms in total. The Labute approximate surface area is 150 Å². The largest absolute Gasteiger partial charge is 0.372 e. The van der Waals surface area contributed by atoms with E-state index in [0.717, 1.165) is 35.1 Å². The number of halogens is 2. The van der Waals surface area contributed by atoms with Crippen molar-refractivity contribution in [3.63, 3.8) is 0 Å². The lowest BCUT2D eigenvalue weighted by atomic mass is 9.99. The van der Waals surface area contributed by atoms with Gasteiger partial charge in [0.05, 0.1) is 5.69 Å². The van der Waals surface area contributed by atoms with Gasteiger partial charge in [-0.2, -0.15) is 9.49 Å². The molecule has 2 aromatic rings. The molecule has 3 N–H and O–H groups in total. The third kappa shape index (κ3) is 4.65. The van der Waals surface area contributed by atoms with Crippen LogP contribution in [0.5, 0.6) is 0 Å². The lowest BCUT2D eigenvalue weighted by Gasteiger charge is -2.08. The van der Waals surface area contributed by atoms with E-state index in [2.05, 4.69) is 16.1 Å². The fourth-order valence-electron chi connectivity index (χ4n) is 2.67. The molecule has 1 aromatic carbocycles. The molecule has 1 aromatic heterocycles. The van der Waals surface area contributed by atoms with E-state index in [1.807, 2.05) is 6.92 Å². The molecule has 3 rings (SSSR count). The lowest BCUT2D eigenvalue weighted by Crippen LogP contribution is -2.27. The molecule has 140 valence electrons. The van der Waals surface area contributed by atoms with Gasteiger partial charge in [0.15, 0.2) is 0 Å². The minimum atomic E-state index is -0.660. The topological polar surface area (TPSA) is 90.0 Å². The van der Waals surface area contributed by atoms with Gasteiger partial charge in [0.1, 0.15) is 11.4 Å². The van der Waals surface area contributed by atoms with E-state index in [1.165, 1.54) is 19.2 Å². The van der Waals surface area contributed by atoms with Crippen LogP contribution >= 0.6 is 0 Å². The van der Waals surface area contributed by atoms with E-state index < -0.39 is 11.9 Å². The van der Waals surface area contributed by atoms with Crippen molar-refractivity contribution in [1.29, 1.82) is 0 Å². The summed E-state index contributed by atoms with van der Waals surface area (Å²) in [6, 6.07) is 4.68. The first kappa shape index (κ1) is 19.6. The van der Waals surface area contributed by atoms with Gasteiger partial charge in [0.25, 0.3) is 5.91 Å². The Morgan fingerprint density at radius 1 is 1.38 bits per heavy atom. The lowest BCUT2D eigenvalue weighted by molar-refractivity contribution is -0.106. The maximum atomic E-state index is 14.3. The van der Waals surface area contributed by atoms with Crippen molar-refractivity contribution in [2.75, 3.05) is 0 Å². The first-order valence-electron chi connectivity index (χ1n) is 8.36. The summed E-state index contributed by atoms with van der Waals surface area (Å²) >= 11 is 0. The van der Waals surface area contributed by atoms with Crippen LogP contribution in [-0.4, -0.2) is 28.1 Å². The summed E-state index contributed by atoms with van der Waals surface area (Å²) < 4.78 is 28.9. The van der Waals surface area contributed by atoms with Crippen molar-refractivity contribution < 1.29 is 18.4 Å². The number of aryl methyl sites for hydroxylation is 2. The molecular weight excluding hydrogens is 342 g/mol. The summed E-state index contributed by atoms with van der Waals surface area (Å²) in [5.41, 5.74) is 6.16. The van der Waals surface area contributed by atoms with E-state index in [9.17, 15) is 13.6 Å². The summed E-state index contributed by atoms with van der Waals surface area (Å²) in [5.74, 6) is -1.45. The van der Waals surface area contributed by atoms with E-state index in [0.29, 0.717) is 5.69 Å². The van der Waals surface area contributed by atoms with Gasteiger partial charge in [-0.1, -0.05) is 13.0 Å². The van der Waals surface area contributed by atoms with Crippen LogP contribution in [0, 0.1) is 11.8 Å². The van der Waals surface area contributed by atoms with E-state index >= 15 is 0 Å². The Balaban J connectivity index is 0.000000758. The Bertz CT molecular complexity index is 801. The van der Waals surface area contributed by atoms with E-state index in [1.54, 1.807) is 6.07 Å². The van der Waals surface area contributed by atoms with Crippen LogP contribution in [-0.2, 0) is 24.7 Å². The summed E-state index contributed by atoms with van der Waals surface area (Å²) in [4.78, 5) is 20.9. The zero-order valence-corrected chi connectivity index (χ0v) is 14.8. The van der Waals surface area contributed by atoms with E-state index in [-0.39, 0.29) is 30.3 Å². The molecule has 0 unspecified atom stereocenters. The third-order valence-electron chi connectivity index (χ3n) is 4.10. The summed E-state index contributed by atoms with van der Waals surface area (Å²) in [6.07, 6.45) is 3.06. The average Bonchev–Trinajstić information content (AvgIpc) is 3.34. The van der Waals surface area contributed by atoms with E-state index in [4.69, 9.17) is 4.79 Å². The quantitative estimate of drug-likeness (QED) is 0.794. The minimum Gasteiger partial charge on any atom is -0.372 e. The molecule has 0 saturated heterocycles. The average molecular weight is 364 g/mol. The molecular formula is C18H22F2N4O2. The molecule has 8 heteroatoms. The molecule has 0 radical (unpaired) electrons. The summed E-state index contributed by atoms with van der Waals surface area (Å²) in [7, 11) is 1.46. The molecule has 2 amide bonds. The Kier molecular flexibility index (Phi) is 6.43. The first-order chi connectivity index (χ1) is 12.4. The summed E-state index contributed by atoms with van der Waals surface area (Å²) in [5, 5.41) is 6.90. The van der Waals surface area contributed by atoms with Gasteiger partial charge >= 0.3 is 0 Å². The second-order valence-electron chi connectivity index (χ2n) is 6.06. The maximum Gasteiger partial charge on any atom is 0.258 e. The van der Waals surface area contributed by atoms with Gasteiger partial charge in [0, 0.05) is 19.5 Å². The van der Waals surface area contributed by atoms with Gasteiger partial charge < -0.3 is 11.1 Å². The van der Waals surface area contributed by atoms with Crippen LogP contribution in [0.3, 0.4) is 0 Å². The highest BCUT2D eigenvalue weighted by molar-refractivity contribution is 5.95. The molecule has 1 heterocycles. The van der Waals surface area contributed by atoms with Crippen LogP contribution in [0.1, 0.15) is 46.9 Å². The van der Waals surface area contributed by atoms with Crippen LogP contribution in [0.4, 0.5) is 8.78 Å². The SMILES string of the molecule is CCc1ccc(F)cc1Cc1nn(C)c(F)c1C(=O)NC1CC1.NC=O. The molecule has 0 spiro atoms.